The van der Waals surface area contributed by atoms with Crippen molar-refractivity contribution < 1.29 is 28.9 Å². The fraction of sp³-hybridized carbons (Fsp3) is 0.529. The van der Waals surface area contributed by atoms with Crippen molar-refractivity contribution in [1.82, 2.24) is 18.5 Å². The van der Waals surface area contributed by atoms with Gasteiger partial charge in [-0.15, -0.1) is 0 Å². The SMILES string of the molecule is COc1ccc2c(c1)C1CC1(C(=O)N1CCOCC1)Cn1c-2c(C2CCCCCC2)c2ccc(C(=O)NS(=O)(=O)N(C)C)cc21.[HH]. The van der Waals surface area contributed by atoms with Crippen LogP contribution < -0.4 is 9.46 Å². The fourth-order valence-corrected chi connectivity index (χ4v) is 8.48. The number of methoxy groups -OCH3 is 1. The van der Waals surface area contributed by atoms with Crippen LogP contribution in [0.3, 0.4) is 0 Å². The van der Waals surface area contributed by atoms with Crippen molar-refractivity contribution in [3.8, 4) is 17.0 Å². The van der Waals surface area contributed by atoms with E-state index in [0.29, 0.717) is 38.8 Å². The van der Waals surface area contributed by atoms with Gasteiger partial charge in [-0.05, 0) is 66.6 Å². The number of hydrogen-bond acceptors (Lipinski definition) is 6. The van der Waals surface area contributed by atoms with E-state index in [0.717, 1.165) is 69.9 Å². The molecule has 0 spiro atoms. The number of hydrogen-bond donors (Lipinski definition) is 1. The maximum atomic E-state index is 14.4. The first-order chi connectivity index (χ1) is 21.6. The monoisotopic (exact) mass is 636 g/mol. The molecule has 1 N–H and O–H groups in total. The van der Waals surface area contributed by atoms with E-state index in [2.05, 4.69) is 21.4 Å². The van der Waals surface area contributed by atoms with E-state index in [1.54, 1.807) is 13.2 Å². The molecule has 2 aromatic carbocycles. The highest BCUT2D eigenvalue weighted by Crippen LogP contribution is 2.66. The average Bonchev–Trinajstić information content (AvgIpc) is 3.78. The molecule has 2 aliphatic carbocycles. The van der Waals surface area contributed by atoms with Gasteiger partial charge in [-0.2, -0.15) is 12.7 Å². The summed E-state index contributed by atoms with van der Waals surface area (Å²) >= 11 is 0. The Balaban J connectivity index is 0.00000372. The van der Waals surface area contributed by atoms with Crippen LogP contribution in [-0.2, 0) is 26.3 Å². The molecule has 0 bridgehead atoms. The Morgan fingerprint density at radius 3 is 2.47 bits per heavy atom. The van der Waals surface area contributed by atoms with Crippen LogP contribution in [0.15, 0.2) is 36.4 Å². The summed E-state index contributed by atoms with van der Waals surface area (Å²) in [4.78, 5) is 29.7. The lowest BCUT2D eigenvalue weighted by Crippen LogP contribution is -2.45. The number of ether oxygens (including phenoxy) is 2. The highest BCUT2D eigenvalue weighted by molar-refractivity contribution is 7.87. The number of rotatable bonds is 6. The van der Waals surface area contributed by atoms with Gasteiger partial charge in [0.1, 0.15) is 5.75 Å². The minimum atomic E-state index is -3.97. The molecule has 1 saturated heterocycles. The molecule has 1 aromatic heterocycles. The molecule has 242 valence electrons. The zero-order valence-electron chi connectivity index (χ0n) is 26.3. The summed E-state index contributed by atoms with van der Waals surface area (Å²) in [5.41, 5.74) is 5.16. The van der Waals surface area contributed by atoms with Gasteiger partial charge in [0.05, 0.1) is 31.4 Å². The first-order valence-electron chi connectivity index (χ1n) is 16.1. The number of nitrogens with one attached hydrogen (secondary N) is 1. The van der Waals surface area contributed by atoms with E-state index in [9.17, 15) is 18.0 Å². The van der Waals surface area contributed by atoms with Gasteiger partial charge >= 0.3 is 10.2 Å². The Bertz CT molecular complexity index is 1780. The summed E-state index contributed by atoms with van der Waals surface area (Å²) in [7, 11) is 0.476. The molecule has 11 heteroatoms. The predicted molar refractivity (Wildman–Crippen MR) is 174 cm³/mol. The number of benzene rings is 2. The van der Waals surface area contributed by atoms with Crippen molar-refractivity contribution in [3.05, 3.63) is 53.1 Å². The maximum Gasteiger partial charge on any atom is 0.303 e. The molecule has 2 atom stereocenters. The van der Waals surface area contributed by atoms with E-state index in [1.807, 2.05) is 23.1 Å². The highest BCUT2D eigenvalue weighted by Gasteiger charge is 2.64. The van der Waals surface area contributed by atoms with Crippen molar-refractivity contribution in [2.75, 3.05) is 47.5 Å². The van der Waals surface area contributed by atoms with Crippen LogP contribution in [-0.4, -0.2) is 81.5 Å². The van der Waals surface area contributed by atoms with Crippen LogP contribution in [0.4, 0.5) is 0 Å². The number of aromatic nitrogens is 1. The second-order valence-corrected chi connectivity index (χ2v) is 15.1. The second-order valence-electron chi connectivity index (χ2n) is 13.3. The molecule has 7 rings (SSSR count). The molecule has 45 heavy (non-hydrogen) atoms. The number of morpholine rings is 1. The molecular weight excluding hydrogens is 592 g/mol. The van der Waals surface area contributed by atoms with Crippen LogP contribution in [0.1, 0.15) is 79.7 Å². The van der Waals surface area contributed by atoms with Crippen LogP contribution in [0.25, 0.3) is 22.2 Å². The highest BCUT2D eigenvalue weighted by atomic mass is 32.2. The van der Waals surface area contributed by atoms with Crippen molar-refractivity contribution in [2.45, 2.75) is 63.3 Å². The third-order valence-corrected chi connectivity index (χ3v) is 11.9. The molecule has 2 amide bonds. The maximum absolute atomic E-state index is 14.4. The van der Waals surface area contributed by atoms with Gasteiger partial charge in [0.2, 0.25) is 5.91 Å². The Hall–Kier alpha value is -3.41. The van der Waals surface area contributed by atoms with E-state index in [1.165, 1.54) is 32.5 Å². The minimum absolute atomic E-state index is 0. The first-order valence-corrected chi connectivity index (χ1v) is 17.5. The lowest BCUT2D eigenvalue weighted by molar-refractivity contribution is -0.141. The normalized spacial score (nSPS) is 23.5. The van der Waals surface area contributed by atoms with Gasteiger partial charge in [0, 0.05) is 63.1 Å². The summed E-state index contributed by atoms with van der Waals surface area (Å²) in [6, 6.07) is 11.8. The molecule has 3 aromatic rings. The fourth-order valence-electron chi connectivity index (χ4n) is 7.95. The standard InChI is InChI=1S/C34H42N4O6S.H2/c1-36(2)45(41,42)35-32(39)23-10-12-26-29(18-23)38-21-34(33(40)37-14-16-44-17-15-37)20-28(34)27-19-24(43-3)11-13-25(27)31(38)30(26)22-8-6-4-5-7-9-22;/h10-13,18-19,22,28H,4-9,14-17,20-21H2,1-3H3,(H,35,39);1H. The Morgan fingerprint density at radius 2 is 1.78 bits per heavy atom. The molecule has 10 nitrogen and oxygen atoms in total. The molecule has 2 aliphatic heterocycles. The lowest BCUT2D eigenvalue weighted by atomic mass is 9.86. The van der Waals surface area contributed by atoms with Crippen molar-refractivity contribution in [1.29, 1.82) is 0 Å². The number of carbonyl (C=O) groups excluding carboxylic acids is 2. The van der Waals surface area contributed by atoms with Crippen LogP contribution in [0, 0.1) is 5.41 Å². The van der Waals surface area contributed by atoms with Crippen LogP contribution in [0.5, 0.6) is 5.75 Å². The van der Waals surface area contributed by atoms with Crippen molar-refractivity contribution in [3.63, 3.8) is 0 Å². The zero-order valence-corrected chi connectivity index (χ0v) is 27.1. The molecule has 4 aliphatic rings. The van der Waals surface area contributed by atoms with Gasteiger partial charge in [0.15, 0.2) is 0 Å². The third kappa shape index (κ3) is 5.13. The van der Waals surface area contributed by atoms with Gasteiger partial charge in [0.25, 0.3) is 5.91 Å². The smallest absolute Gasteiger partial charge is 0.303 e. The number of amides is 2. The zero-order chi connectivity index (χ0) is 31.5. The molecule has 3 fully saturated rings. The molecule has 2 unspecified atom stereocenters. The topological polar surface area (TPSA) is 110 Å². The van der Waals surface area contributed by atoms with E-state index < -0.39 is 21.5 Å². The number of nitrogens with zero attached hydrogens (tertiary/aromatic N) is 3. The Kier molecular flexibility index (Phi) is 7.69. The molecule has 3 heterocycles. The molecule has 2 saturated carbocycles. The van der Waals surface area contributed by atoms with E-state index in [4.69, 9.17) is 9.47 Å². The average molecular weight is 637 g/mol. The summed E-state index contributed by atoms with van der Waals surface area (Å²) in [6.07, 6.45) is 7.69. The summed E-state index contributed by atoms with van der Waals surface area (Å²) in [5.74, 6) is 0.637. The molecule has 0 radical (unpaired) electrons. The summed E-state index contributed by atoms with van der Waals surface area (Å²) in [5, 5.41) is 1.07. The number of fused-ring (bicyclic) bond motifs is 7. The Morgan fingerprint density at radius 1 is 1.04 bits per heavy atom. The quantitative estimate of drug-likeness (QED) is 0.386. The van der Waals surface area contributed by atoms with Gasteiger partial charge in [-0.25, -0.2) is 4.72 Å². The largest absolute Gasteiger partial charge is 0.497 e. The molecular formula is C34H44N4O6S. The van der Waals surface area contributed by atoms with Gasteiger partial charge in [-0.3, -0.25) is 9.59 Å². The summed E-state index contributed by atoms with van der Waals surface area (Å²) < 4.78 is 41.8. The van der Waals surface area contributed by atoms with Gasteiger partial charge in [-0.1, -0.05) is 31.7 Å². The minimum Gasteiger partial charge on any atom is -0.497 e. The second kappa shape index (κ2) is 11.4. The van der Waals surface area contributed by atoms with Crippen molar-refractivity contribution >= 4 is 32.9 Å². The summed E-state index contributed by atoms with van der Waals surface area (Å²) in [6.45, 7) is 2.72. The number of carbonyl (C=O) groups is 2. The van der Waals surface area contributed by atoms with Crippen molar-refractivity contribution in [2.24, 2.45) is 5.41 Å². The van der Waals surface area contributed by atoms with E-state index in [-0.39, 0.29) is 18.8 Å². The lowest BCUT2D eigenvalue weighted by Gasteiger charge is -2.31. The van der Waals surface area contributed by atoms with Crippen LogP contribution >= 0.6 is 0 Å². The van der Waals surface area contributed by atoms with Gasteiger partial charge < -0.3 is 18.9 Å². The predicted octanol–water partition coefficient (Wildman–Crippen LogP) is 4.88. The Labute approximate surface area is 266 Å². The van der Waals surface area contributed by atoms with E-state index >= 15 is 0 Å². The first kappa shape index (κ1) is 30.3. The third-order valence-electron chi connectivity index (χ3n) is 10.5. The van der Waals surface area contributed by atoms with Crippen LogP contribution in [0.2, 0.25) is 0 Å².